The maximum atomic E-state index is 12.6. The third-order valence-electron chi connectivity index (χ3n) is 1.34. The number of rotatable bonds is 1. The summed E-state index contributed by atoms with van der Waals surface area (Å²) in [6.45, 7) is 0. The Balaban J connectivity index is 3.50. The molecule has 0 aliphatic rings. The Hall–Kier alpha value is -1.67. The van der Waals surface area contributed by atoms with Crippen molar-refractivity contribution in [3.63, 3.8) is 0 Å². The monoisotopic (exact) mass is 200 g/mol. The SMILES string of the molecule is N#Cc1c(Cl)cc(F)cc1[N+](=O)[O-]. The number of hydrogen-bond acceptors (Lipinski definition) is 3. The summed E-state index contributed by atoms with van der Waals surface area (Å²) in [5.41, 5.74) is -0.944. The quantitative estimate of drug-likeness (QED) is 0.516. The molecule has 0 amide bonds. The Kier molecular flexibility index (Phi) is 2.44. The molecule has 0 unspecified atom stereocenters. The summed E-state index contributed by atoms with van der Waals surface area (Å²) in [5.74, 6) is -0.837. The molecule has 0 aromatic heterocycles. The molecule has 1 rings (SSSR count). The normalized spacial score (nSPS) is 9.31. The van der Waals surface area contributed by atoms with Crippen molar-refractivity contribution < 1.29 is 9.31 Å². The molecule has 0 bridgehead atoms. The van der Waals surface area contributed by atoms with Gasteiger partial charge in [0, 0.05) is 0 Å². The van der Waals surface area contributed by atoms with E-state index in [4.69, 9.17) is 16.9 Å². The summed E-state index contributed by atoms with van der Waals surface area (Å²) < 4.78 is 12.6. The number of hydrogen-bond donors (Lipinski definition) is 0. The number of halogens is 2. The molecule has 1 aromatic carbocycles. The maximum absolute atomic E-state index is 12.6. The van der Waals surface area contributed by atoms with Gasteiger partial charge in [-0.1, -0.05) is 11.6 Å². The van der Waals surface area contributed by atoms with Gasteiger partial charge in [-0.3, -0.25) is 10.1 Å². The molecule has 0 radical (unpaired) electrons. The van der Waals surface area contributed by atoms with Crippen LogP contribution in [0, 0.1) is 27.3 Å². The molecule has 0 heterocycles. The zero-order valence-corrected chi connectivity index (χ0v) is 6.88. The van der Waals surface area contributed by atoms with Gasteiger partial charge in [0.25, 0.3) is 5.69 Å². The van der Waals surface area contributed by atoms with Crippen LogP contribution in [0.25, 0.3) is 0 Å². The number of nitriles is 1. The van der Waals surface area contributed by atoms with Crippen molar-refractivity contribution in [1.29, 1.82) is 5.26 Å². The lowest BCUT2D eigenvalue weighted by molar-refractivity contribution is -0.385. The minimum absolute atomic E-state index is 0.255. The molecule has 0 aliphatic carbocycles. The van der Waals surface area contributed by atoms with Gasteiger partial charge in [-0.15, -0.1) is 0 Å². The third-order valence-corrected chi connectivity index (χ3v) is 1.64. The predicted octanol–water partition coefficient (Wildman–Crippen LogP) is 2.26. The number of benzene rings is 1. The average Bonchev–Trinajstić information content (AvgIpc) is 2.02. The first-order valence-corrected chi connectivity index (χ1v) is 3.47. The third kappa shape index (κ3) is 1.73. The molecular formula is C7H2ClFN2O2. The van der Waals surface area contributed by atoms with Gasteiger partial charge < -0.3 is 0 Å². The van der Waals surface area contributed by atoms with E-state index in [9.17, 15) is 14.5 Å². The highest BCUT2D eigenvalue weighted by Gasteiger charge is 2.18. The van der Waals surface area contributed by atoms with Crippen LogP contribution in [0.15, 0.2) is 12.1 Å². The molecule has 0 atom stereocenters. The molecule has 0 fully saturated rings. The molecule has 0 saturated carbocycles. The van der Waals surface area contributed by atoms with Crippen molar-refractivity contribution in [3.05, 3.63) is 38.7 Å². The van der Waals surface area contributed by atoms with E-state index in [-0.39, 0.29) is 10.6 Å². The van der Waals surface area contributed by atoms with Gasteiger partial charge in [-0.05, 0) is 6.07 Å². The van der Waals surface area contributed by atoms with Gasteiger partial charge in [0.1, 0.15) is 17.4 Å². The summed E-state index contributed by atoms with van der Waals surface area (Å²) >= 11 is 5.41. The summed E-state index contributed by atoms with van der Waals surface area (Å²) in [6.07, 6.45) is 0. The van der Waals surface area contributed by atoms with Crippen LogP contribution in [0.5, 0.6) is 0 Å². The number of nitrogens with zero attached hydrogens (tertiary/aromatic N) is 2. The largest absolute Gasteiger partial charge is 0.291 e. The van der Waals surface area contributed by atoms with E-state index in [2.05, 4.69) is 0 Å². The lowest BCUT2D eigenvalue weighted by atomic mass is 10.2. The van der Waals surface area contributed by atoms with Crippen molar-refractivity contribution in [2.75, 3.05) is 0 Å². The minimum atomic E-state index is -0.854. The van der Waals surface area contributed by atoms with Crippen molar-refractivity contribution in [2.45, 2.75) is 0 Å². The molecule has 0 aliphatic heterocycles. The van der Waals surface area contributed by atoms with Gasteiger partial charge in [0.2, 0.25) is 0 Å². The van der Waals surface area contributed by atoms with E-state index in [1.165, 1.54) is 6.07 Å². The highest BCUT2D eigenvalue weighted by atomic mass is 35.5. The van der Waals surface area contributed by atoms with Crippen molar-refractivity contribution >= 4 is 17.3 Å². The van der Waals surface area contributed by atoms with E-state index in [0.717, 1.165) is 6.07 Å². The molecule has 0 N–H and O–H groups in total. The first-order chi connectivity index (χ1) is 6.06. The second-order valence-electron chi connectivity index (χ2n) is 2.15. The Labute approximate surface area is 77.3 Å². The van der Waals surface area contributed by atoms with E-state index in [1.54, 1.807) is 0 Å². The van der Waals surface area contributed by atoms with Gasteiger partial charge >= 0.3 is 0 Å². The molecule has 0 spiro atoms. The van der Waals surface area contributed by atoms with Crippen LogP contribution < -0.4 is 0 Å². The van der Waals surface area contributed by atoms with Gasteiger partial charge in [-0.2, -0.15) is 5.26 Å². The molecular weight excluding hydrogens is 199 g/mol. The Bertz CT molecular complexity index is 414. The van der Waals surface area contributed by atoms with Crippen LogP contribution in [0.1, 0.15) is 5.56 Å². The van der Waals surface area contributed by atoms with E-state index < -0.39 is 16.4 Å². The van der Waals surface area contributed by atoms with E-state index in [1.807, 2.05) is 0 Å². The minimum Gasteiger partial charge on any atom is -0.258 e. The number of nitro groups is 1. The fourth-order valence-corrected chi connectivity index (χ4v) is 1.06. The van der Waals surface area contributed by atoms with E-state index in [0.29, 0.717) is 6.07 Å². The first-order valence-electron chi connectivity index (χ1n) is 3.10. The smallest absolute Gasteiger partial charge is 0.258 e. The second-order valence-corrected chi connectivity index (χ2v) is 2.56. The van der Waals surface area contributed by atoms with Crippen LogP contribution in [-0.4, -0.2) is 4.92 Å². The molecule has 0 saturated heterocycles. The van der Waals surface area contributed by atoms with E-state index >= 15 is 0 Å². The highest BCUT2D eigenvalue weighted by Crippen LogP contribution is 2.26. The van der Waals surface area contributed by atoms with Gasteiger partial charge in [-0.25, -0.2) is 4.39 Å². The van der Waals surface area contributed by atoms with Crippen LogP contribution in [0.4, 0.5) is 10.1 Å². The summed E-state index contributed by atoms with van der Waals surface area (Å²) in [6, 6.07) is 3.04. The highest BCUT2D eigenvalue weighted by molar-refractivity contribution is 6.32. The Morgan fingerprint density at radius 3 is 2.69 bits per heavy atom. The van der Waals surface area contributed by atoms with Gasteiger partial charge in [0.05, 0.1) is 16.0 Å². The number of nitro benzene ring substituents is 1. The summed E-state index contributed by atoms with van der Waals surface area (Å²) in [5, 5.41) is 18.5. The maximum Gasteiger partial charge on any atom is 0.291 e. The first kappa shape index (κ1) is 9.42. The van der Waals surface area contributed by atoms with Gasteiger partial charge in [0.15, 0.2) is 0 Å². The predicted molar refractivity (Wildman–Crippen MR) is 42.8 cm³/mol. The van der Waals surface area contributed by atoms with Crippen LogP contribution in [-0.2, 0) is 0 Å². The summed E-state index contributed by atoms with van der Waals surface area (Å²) in [7, 11) is 0. The average molecular weight is 201 g/mol. The molecule has 6 heteroatoms. The van der Waals surface area contributed by atoms with Crippen LogP contribution >= 0.6 is 11.6 Å². The van der Waals surface area contributed by atoms with Crippen LogP contribution in [0.2, 0.25) is 5.02 Å². The fraction of sp³-hybridized carbons (Fsp3) is 0. The zero-order valence-electron chi connectivity index (χ0n) is 6.12. The standard InChI is InChI=1S/C7H2ClFN2O2/c8-6-1-4(9)2-7(11(12)13)5(6)3-10/h1-2H. The fourth-order valence-electron chi connectivity index (χ4n) is 0.815. The summed E-state index contributed by atoms with van der Waals surface area (Å²) in [4.78, 5) is 9.46. The molecule has 4 nitrogen and oxygen atoms in total. The lowest BCUT2D eigenvalue weighted by Gasteiger charge is -1.96. The molecule has 66 valence electrons. The molecule has 1 aromatic rings. The lowest BCUT2D eigenvalue weighted by Crippen LogP contribution is -1.94. The molecule has 13 heavy (non-hydrogen) atoms. The topological polar surface area (TPSA) is 66.9 Å². The van der Waals surface area contributed by atoms with Crippen molar-refractivity contribution in [2.24, 2.45) is 0 Å². The van der Waals surface area contributed by atoms with Crippen LogP contribution in [0.3, 0.4) is 0 Å². The zero-order chi connectivity index (χ0) is 10.0. The van der Waals surface area contributed by atoms with Crippen molar-refractivity contribution in [3.8, 4) is 6.07 Å². The Morgan fingerprint density at radius 2 is 2.23 bits per heavy atom. The Morgan fingerprint density at radius 1 is 1.62 bits per heavy atom. The second kappa shape index (κ2) is 3.37. The van der Waals surface area contributed by atoms with Crippen molar-refractivity contribution in [1.82, 2.24) is 0 Å².